The first kappa shape index (κ1) is 14.7. The van der Waals surface area contributed by atoms with Crippen molar-refractivity contribution in [3.63, 3.8) is 0 Å². The van der Waals surface area contributed by atoms with E-state index in [4.69, 9.17) is 9.47 Å². The van der Waals surface area contributed by atoms with Crippen molar-refractivity contribution < 1.29 is 14.3 Å². The molecule has 0 bridgehead atoms. The second-order valence-corrected chi connectivity index (χ2v) is 5.23. The van der Waals surface area contributed by atoms with Gasteiger partial charge in [-0.05, 0) is 37.8 Å². The van der Waals surface area contributed by atoms with Crippen LogP contribution in [0, 0.1) is 6.92 Å². The predicted octanol–water partition coefficient (Wildman–Crippen LogP) is 2.69. The fourth-order valence-electron chi connectivity index (χ4n) is 2.29. The minimum atomic E-state index is -0.218. The summed E-state index contributed by atoms with van der Waals surface area (Å²) in [4.78, 5) is 11.9. The third-order valence-electron chi connectivity index (χ3n) is 3.96. The van der Waals surface area contributed by atoms with E-state index in [9.17, 15) is 4.79 Å². The molecule has 0 unspecified atom stereocenters. The quantitative estimate of drug-likeness (QED) is 0.870. The molecule has 0 radical (unpaired) electrons. The first-order valence-electron chi connectivity index (χ1n) is 6.83. The van der Waals surface area contributed by atoms with Gasteiger partial charge in [0, 0.05) is 25.4 Å². The number of amides is 2. The van der Waals surface area contributed by atoms with Crippen LogP contribution in [-0.2, 0) is 4.74 Å². The molecule has 1 aliphatic carbocycles. The highest BCUT2D eigenvalue weighted by Crippen LogP contribution is 2.34. The van der Waals surface area contributed by atoms with Crippen molar-refractivity contribution in [1.29, 1.82) is 0 Å². The Morgan fingerprint density at radius 2 is 2.10 bits per heavy atom. The third-order valence-corrected chi connectivity index (χ3v) is 3.96. The van der Waals surface area contributed by atoms with E-state index in [2.05, 4.69) is 10.6 Å². The molecular formula is C15H22N2O3. The lowest BCUT2D eigenvalue weighted by molar-refractivity contribution is -0.0671. The van der Waals surface area contributed by atoms with Gasteiger partial charge in [-0.2, -0.15) is 0 Å². The SMILES string of the molecule is COc1ccc(C)c(NC(=O)NCC2(OC)CCC2)c1. The highest BCUT2D eigenvalue weighted by atomic mass is 16.5. The molecule has 2 amide bonds. The van der Waals surface area contributed by atoms with Gasteiger partial charge in [-0.1, -0.05) is 6.07 Å². The monoisotopic (exact) mass is 278 g/mol. The highest BCUT2D eigenvalue weighted by molar-refractivity contribution is 5.90. The first-order chi connectivity index (χ1) is 9.58. The van der Waals surface area contributed by atoms with E-state index in [1.807, 2.05) is 25.1 Å². The summed E-state index contributed by atoms with van der Waals surface area (Å²) in [6.45, 7) is 2.48. The number of hydrogen-bond donors (Lipinski definition) is 2. The number of nitrogens with one attached hydrogen (secondary N) is 2. The lowest BCUT2D eigenvalue weighted by atomic mass is 9.80. The van der Waals surface area contributed by atoms with E-state index in [0.717, 1.165) is 36.3 Å². The lowest BCUT2D eigenvalue weighted by Gasteiger charge is -2.40. The van der Waals surface area contributed by atoms with Crippen LogP contribution in [0.5, 0.6) is 5.75 Å². The summed E-state index contributed by atoms with van der Waals surface area (Å²) < 4.78 is 10.6. The number of anilines is 1. The molecule has 2 N–H and O–H groups in total. The van der Waals surface area contributed by atoms with Crippen LogP contribution in [0.15, 0.2) is 18.2 Å². The van der Waals surface area contributed by atoms with E-state index < -0.39 is 0 Å². The van der Waals surface area contributed by atoms with E-state index in [-0.39, 0.29) is 11.6 Å². The number of carbonyl (C=O) groups is 1. The minimum absolute atomic E-state index is 0.166. The zero-order valence-corrected chi connectivity index (χ0v) is 12.3. The van der Waals surface area contributed by atoms with Crippen molar-refractivity contribution in [2.45, 2.75) is 31.8 Å². The number of methoxy groups -OCH3 is 2. The average Bonchev–Trinajstić information content (AvgIpc) is 2.40. The molecule has 20 heavy (non-hydrogen) atoms. The van der Waals surface area contributed by atoms with E-state index in [1.165, 1.54) is 0 Å². The molecule has 0 spiro atoms. The Balaban J connectivity index is 1.91. The molecule has 1 saturated carbocycles. The average molecular weight is 278 g/mol. The number of aryl methyl sites for hydroxylation is 1. The van der Waals surface area contributed by atoms with Gasteiger partial charge in [-0.3, -0.25) is 0 Å². The number of ether oxygens (including phenoxy) is 2. The van der Waals surface area contributed by atoms with Crippen molar-refractivity contribution in [2.24, 2.45) is 0 Å². The Morgan fingerprint density at radius 1 is 1.35 bits per heavy atom. The molecule has 1 aromatic carbocycles. The zero-order chi connectivity index (χ0) is 14.6. The maximum absolute atomic E-state index is 11.9. The van der Waals surface area contributed by atoms with Crippen LogP contribution < -0.4 is 15.4 Å². The van der Waals surface area contributed by atoms with Gasteiger partial charge in [0.05, 0.1) is 12.7 Å². The smallest absolute Gasteiger partial charge is 0.319 e. The van der Waals surface area contributed by atoms with Crippen LogP contribution in [0.3, 0.4) is 0 Å². The summed E-state index contributed by atoms with van der Waals surface area (Å²) in [5.41, 5.74) is 1.58. The zero-order valence-electron chi connectivity index (χ0n) is 12.3. The van der Waals surface area contributed by atoms with Gasteiger partial charge in [0.2, 0.25) is 0 Å². The van der Waals surface area contributed by atoms with Crippen LogP contribution >= 0.6 is 0 Å². The van der Waals surface area contributed by atoms with Crippen molar-refractivity contribution in [1.82, 2.24) is 5.32 Å². The van der Waals surface area contributed by atoms with Gasteiger partial charge in [0.1, 0.15) is 5.75 Å². The van der Waals surface area contributed by atoms with E-state index in [0.29, 0.717) is 6.54 Å². The van der Waals surface area contributed by atoms with Gasteiger partial charge in [0.15, 0.2) is 0 Å². The summed E-state index contributed by atoms with van der Waals surface area (Å²) >= 11 is 0. The van der Waals surface area contributed by atoms with E-state index in [1.54, 1.807) is 14.2 Å². The number of rotatable bonds is 5. The maximum Gasteiger partial charge on any atom is 0.319 e. The molecule has 110 valence electrons. The van der Waals surface area contributed by atoms with Gasteiger partial charge < -0.3 is 20.1 Å². The first-order valence-corrected chi connectivity index (χ1v) is 6.83. The predicted molar refractivity (Wildman–Crippen MR) is 78.3 cm³/mol. The normalized spacial score (nSPS) is 16.1. The fraction of sp³-hybridized carbons (Fsp3) is 0.533. The van der Waals surface area contributed by atoms with Crippen molar-refractivity contribution in [3.05, 3.63) is 23.8 Å². The third kappa shape index (κ3) is 3.22. The molecule has 1 aromatic rings. The topological polar surface area (TPSA) is 59.6 Å². The van der Waals surface area contributed by atoms with Gasteiger partial charge in [-0.15, -0.1) is 0 Å². The van der Waals surface area contributed by atoms with Gasteiger partial charge in [-0.25, -0.2) is 4.79 Å². The number of urea groups is 1. The number of benzene rings is 1. The molecule has 0 aliphatic heterocycles. The van der Waals surface area contributed by atoms with Crippen LogP contribution in [-0.4, -0.2) is 32.4 Å². The summed E-state index contributed by atoms with van der Waals surface area (Å²) in [5, 5.41) is 5.72. The Labute approximate surface area is 119 Å². The molecule has 0 aromatic heterocycles. The van der Waals surface area contributed by atoms with Crippen LogP contribution in [0.4, 0.5) is 10.5 Å². The Kier molecular flexibility index (Phi) is 4.49. The summed E-state index contributed by atoms with van der Waals surface area (Å²) in [7, 11) is 3.30. The molecule has 1 fully saturated rings. The lowest BCUT2D eigenvalue weighted by Crippen LogP contribution is -2.50. The summed E-state index contributed by atoms with van der Waals surface area (Å²) in [6, 6.07) is 5.37. The molecule has 1 aliphatic rings. The minimum Gasteiger partial charge on any atom is -0.497 e. The molecule has 2 rings (SSSR count). The van der Waals surface area contributed by atoms with Crippen molar-refractivity contribution in [2.75, 3.05) is 26.1 Å². The van der Waals surface area contributed by atoms with Crippen LogP contribution in [0.25, 0.3) is 0 Å². The largest absolute Gasteiger partial charge is 0.497 e. The number of carbonyl (C=O) groups excluding carboxylic acids is 1. The van der Waals surface area contributed by atoms with Crippen LogP contribution in [0.1, 0.15) is 24.8 Å². The second-order valence-electron chi connectivity index (χ2n) is 5.23. The van der Waals surface area contributed by atoms with E-state index >= 15 is 0 Å². The standard InChI is InChI=1S/C15H22N2O3/c1-11-5-6-12(19-2)9-13(11)17-14(18)16-10-15(20-3)7-4-8-15/h5-6,9H,4,7-8,10H2,1-3H3,(H2,16,17,18). The molecule has 0 atom stereocenters. The maximum atomic E-state index is 11.9. The molecule has 0 saturated heterocycles. The second kappa shape index (κ2) is 6.13. The summed E-state index contributed by atoms with van der Waals surface area (Å²) in [6.07, 6.45) is 3.16. The van der Waals surface area contributed by atoms with Gasteiger partial charge in [0.25, 0.3) is 0 Å². The molecule has 0 heterocycles. The highest BCUT2D eigenvalue weighted by Gasteiger charge is 2.37. The Hall–Kier alpha value is -1.75. The van der Waals surface area contributed by atoms with Crippen molar-refractivity contribution >= 4 is 11.7 Å². The Bertz CT molecular complexity index is 478. The molecule has 5 nitrogen and oxygen atoms in total. The number of hydrogen-bond acceptors (Lipinski definition) is 3. The molecule has 5 heteroatoms. The molecular weight excluding hydrogens is 256 g/mol. The van der Waals surface area contributed by atoms with Crippen LogP contribution in [0.2, 0.25) is 0 Å². The Morgan fingerprint density at radius 3 is 2.65 bits per heavy atom. The fourth-order valence-corrected chi connectivity index (χ4v) is 2.29. The summed E-state index contributed by atoms with van der Waals surface area (Å²) in [5.74, 6) is 0.721. The van der Waals surface area contributed by atoms with Crippen molar-refractivity contribution in [3.8, 4) is 5.75 Å². The van der Waals surface area contributed by atoms with Gasteiger partial charge >= 0.3 is 6.03 Å².